The smallest absolute Gasteiger partial charge is 0.376 e. The fourth-order valence-corrected chi connectivity index (χ4v) is 4.17. The predicted molar refractivity (Wildman–Crippen MR) is 77.2 cm³/mol. The van der Waals surface area contributed by atoms with Crippen molar-refractivity contribution in [2.45, 2.75) is 51.0 Å². The molecular formula is C15H19F3O3S. The van der Waals surface area contributed by atoms with Gasteiger partial charge in [-0.05, 0) is 49.2 Å². The first-order valence-corrected chi connectivity index (χ1v) is 8.50. The van der Waals surface area contributed by atoms with Gasteiger partial charge >= 0.3 is 15.6 Å². The van der Waals surface area contributed by atoms with Gasteiger partial charge in [0.1, 0.15) is 5.76 Å². The molecule has 0 saturated heterocycles. The summed E-state index contributed by atoms with van der Waals surface area (Å²) in [5.74, 6) is -0.431. The summed E-state index contributed by atoms with van der Waals surface area (Å²) in [6.45, 7) is 9.11. The Morgan fingerprint density at radius 2 is 1.73 bits per heavy atom. The number of hydrogen-bond acceptors (Lipinski definition) is 3. The highest BCUT2D eigenvalue weighted by atomic mass is 32.2. The number of allylic oxidation sites excluding steroid dienone is 3. The molecule has 0 heterocycles. The van der Waals surface area contributed by atoms with E-state index in [1.54, 1.807) is 6.92 Å². The summed E-state index contributed by atoms with van der Waals surface area (Å²) in [6, 6.07) is 0. The molecule has 7 heteroatoms. The number of hydrogen-bond donors (Lipinski definition) is 0. The molecule has 1 fully saturated rings. The first kappa shape index (κ1) is 17.1. The molecule has 0 aliphatic heterocycles. The summed E-state index contributed by atoms with van der Waals surface area (Å²) in [5.41, 5.74) is -3.52. The van der Waals surface area contributed by atoms with Crippen LogP contribution in [0.3, 0.4) is 0 Å². The van der Waals surface area contributed by atoms with Crippen molar-refractivity contribution in [1.29, 1.82) is 0 Å². The Hall–Kier alpha value is -1.24. The van der Waals surface area contributed by atoms with Gasteiger partial charge in [0, 0.05) is 0 Å². The Labute approximate surface area is 128 Å². The molecule has 2 rings (SSSR count). The largest absolute Gasteiger partial charge is 0.534 e. The van der Waals surface area contributed by atoms with Crippen LogP contribution in [0.2, 0.25) is 0 Å². The molecule has 0 radical (unpaired) electrons. The van der Waals surface area contributed by atoms with E-state index in [0.29, 0.717) is 12.0 Å². The summed E-state index contributed by atoms with van der Waals surface area (Å²) >= 11 is 0. The minimum absolute atomic E-state index is 0.102. The van der Waals surface area contributed by atoms with Gasteiger partial charge in [0.2, 0.25) is 0 Å². The zero-order chi connectivity index (χ0) is 16.8. The molecule has 2 aliphatic rings. The molecule has 2 aliphatic carbocycles. The van der Waals surface area contributed by atoms with Gasteiger partial charge < -0.3 is 4.18 Å². The van der Waals surface area contributed by atoms with Gasteiger partial charge in [0.05, 0.1) is 0 Å². The van der Waals surface area contributed by atoms with Gasteiger partial charge in [-0.2, -0.15) is 21.6 Å². The molecule has 0 atom stereocenters. The van der Waals surface area contributed by atoms with E-state index < -0.39 is 21.4 Å². The zero-order valence-corrected chi connectivity index (χ0v) is 13.2. The van der Waals surface area contributed by atoms with Crippen LogP contribution in [-0.2, 0) is 14.3 Å². The second-order valence-corrected chi connectivity index (χ2v) is 7.57. The van der Waals surface area contributed by atoms with Gasteiger partial charge in [-0.3, -0.25) is 0 Å². The van der Waals surface area contributed by atoms with Crippen LogP contribution in [0.4, 0.5) is 13.2 Å². The second kappa shape index (κ2) is 5.44. The van der Waals surface area contributed by atoms with Crippen LogP contribution in [0.15, 0.2) is 35.6 Å². The van der Waals surface area contributed by atoms with Crippen molar-refractivity contribution >= 4 is 10.1 Å². The summed E-state index contributed by atoms with van der Waals surface area (Å²) < 4.78 is 63.9. The third-order valence-corrected chi connectivity index (χ3v) is 5.49. The second-order valence-electron chi connectivity index (χ2n) is 6.03. The van der Waals surface area contributed by atoms with E-state index >= 15 is 0 Å². The van der Waals surface area contributed by atoms with Crippen molar-refractivity contribution in [2.24, 2.45) is 5.41 Å². The van der Waals surface area contributed by atoms with E-state index in [1.807, 2.05) is 0 Å². The number of halogens is 3. The maximum absolute atomic E-state index is 12.4. The molecule has 0 N–H and O–H groups in total. The SMILES string of the molecule is C=C(C)C1=C(C(=C)OS(=O)(=O)C(F)(F)F)CCC12CCCC2. The first-order chi connectivity index (χ1) is 10.0. The van der Waals surface area contributed by atoms with Crippen LogP contribution in [0.25, 0.3) is 0 Å². The van der Waals surface area contributed by atoms with E-state index in [0.717, 1.165) is 43.3 Å². The van der Waals surface area contributed by atoms with Crippen molar-refractivity contribution in [1.82, 2.24) is 0 Å². The van der Waals surface area contributed by atoms with Gasteiger partial charge in [-0.25, -0.2) is 0 Å². The molecule has 1 saturated carbocycles. The van der Waals surface area contributed by atoms with Crippen LogP contribution in [0.1, 0.15) is 45.4 Å². The van der Waals surface area contributed by atoms with Crippen molar-refractivity contribution < 1.29 is 25.8 Å². The molecule has 1 spiro atoms. The highest BCUT2D eigenvalue weighted by molar-refractivity contribution is 7.87. The average Bonchev–Trinajstić information content (AvgIpc) is 2.95. The molecule has 124 valence electrons. The lowest BCUT2D eigenvalue weighted by Crippen LogP contribution is -2.25. The molecule has 22 heavy (non-hydrogen) atoms. The minimum Gasteiger partial charge on any atom is -0.376 e. The van der Waals surface area contributed by atoms with Crippen molar-refractivity contribution in [3.8, 4) is 0 Å². The Morgan fingerprint density at radius 3 is 2.18 bits per heavy atom. The minimum atomic E-state index is -5.68. The van der Waals surface area contributed by atoms with Gasteiger partial charge in [-0.15, -0.1) is 0 Å². The fourth-order valence-electron chi connectivity index (χ4n) is 3.71. The highest BCUT2D eigenvalue weighted by Crippen LogP contribution is 2.57. The average molecular weight is 336 g/mol. The summed E-state index contributed by atoms with van der Waals surface area (Å²) in [5, 5.41) is 0. The lowest BCUT2D eigenvalue weighted by Gasteiger charge is -2.28. The molecule has 3 nitrogen and oxygen atoms in total. The number of alkyl halides is 3. The highest BCUT2D eigenvalue weighted by Gasteiger charge is 2.50. The quantitative estimate of drug-likeness (QED) is 0.428. The van der Waals surface area contributed by atoms with E-state index in [1.165, 1.54) is 0 Å². The van der Waals surface area contributed by atoms with Crippen molar-refractivity contribution in [3.63, 3.8) is 0 Å². The normalized spacial score (nSPS) is 21.5. The molecular weight excluding hydrogens is 317 g/mol. The molecule has 0 aromatic heterocycles. The predicted octanol–water partition coefficient (Wildman–Crippen LogP) is 4.59. The Bertz CT molecular complexity index is 635. The van der Waals surface area contributed by atoms with E-state index in [-0.39, 0.29) is 5.41 Å². The molecule has 0 bridgehead atoms. The Balaban J connectivity index is 2.36. The third kappa shape index (κ3) is 2.83. The van der Waals surface area contributed by atoms with E-state index in [4.69, 9.17) is 0 Å². The van der Waals surface area contributed by atoms with Gasteiger partial charge in [-0.1, -0.05) is 31.6 Å². The third-order valence-electron chi connectivity index (χ3n) is 4.50. The zero-order valence-electron chi connectivity index (χ0n) is 12.4. The maximum Gasteiger partial charge on any atom is 0.534 e. The monoisotopic (exact) mass is 336 g/mol. The van der Waals surface area contributed by atoms with Gasteiger partial charge in [0.15, 0.2) is 0 Å². The number of rotatable bonds is 4. The van der Waals surface area contributed by atoms with Crippen LogP contribution >= 0.6 is 0 Å². The van der Waals surface area contributed by atoms with Crippen molar-refractivity contribution in [2.75, 3.05) is 0 Å². The van der Waals surface area contributed by atoms with Crippen LogP contribution in [0, 0.1) is 5.41 Å². The van der Waals surface area contributed by atoms with Crippen LogP contribution in [-0.4, -0.2) is 13.9 Å². The lowest BCUT2D eigenvalue weighted by molar-refractivity contribution is -0.0520. The maximum atomic E-state index is 12.4. The Morgan fingerprint density at radius 1 is 1.18 bits per heavy atom. The standard InChI is InChI=1S/C15H19F3O3S/c1-10(2)13-12(6-9-14(13)7-4-5-8-14)11(3)21-22(19,20)15(16,17)18/h1,3-9H2,2H3. The summed E-state index contributed by atoms with van der Waals surface area (Å²) in [7, 11) is -5.68. The molecule has 0 aromatic carbocycles. The van der Waals surface area contributed by atoms with Crippen LogP contribution in [0.5, 0.6) is 0 Å². The van der Waals surface area contributed by atoms with E-state index in [9.17, 15) is 21.6 Å². The molecule has 0 aromatic rings. The van der Waals surface area contributed by atoms with Crippen LogP contribution < -0.4 is 0 Å². The summed E-state index contributed by atoms with van der Waals surface area (Å²) in [6.07, 6.45) is 5.24. The van der Waals surface area contributed by atoms with Crippen molar-refractivity contribution in [3.05, 3.63) is 35.6 Å². The first-order valence-electron chi connectivity index (χ1n) is 7.10. The summed E-state index contributed by atoms with van der Waals surface area (Å²) in [4.78, 5) is 0. The topological polar surface area (TPSA) is 43.4 Å². The molecule has 0 unspecified atom stereocenters. The fraction of sp³-hybridized carbons (Fsp3) is 0.600. The van der Waals surface area contributed by atoms with Gasteiger partial charge in [0.25, 0.3) is 0 Å². The Kier molecular flexibility index (Phi) is 4.23. The lowest BCUT2D eigenvalue weighted by atomic mass is 9.76. The van der Waals surface area contributed by atoms with E-state index in [2.05, 4.69) is 17.3 Å². The molecule has 0 amide bonds.